The molecule has 2 aromatic carbocycles. The van der Waals surface area contributed by atoms with E-state index in [1.54, 1.807) is 34.9 Å². The summed E-state index contributed by atoms with van der Waals surface area (Å²) in [5, 5.41) is 2.51. The van der Waals surface area contributed by atoms with E-state index in [9.17, 15) is 9.18 Å². The van der Waals surface area contributed by atoms with E-state index < -0.39 is 5.82 Å². The van der Waals surface area contributed by atoms with Crippen LogP contribution in [0.5, 0.6) is 11.5 Å². The average molecular weight is 346 g/mol. The molecular formula is C17H15FN2O3S. The number of nitrogens with one attached hydrogen (secondary N) is 1. The van der Waals surface area contributed by atoms with Gasteiger partial charge in [0.15, 0.2) is 11.5 Å². The van der Waals surface area contributed by atoms with Crippen LogP contribution in [-0.2, 0) is 0 Å². The number of carbonyl (C=O) groups is 1. The zero-order valence-corrected chi connectivity index (χ0v) is 13.5. The summed E-state index contributed by atoms with van der Waals surface area (Å²) in [6.07, 6.45) is 0. The predicted molar refractivity (Wildman–Crippen MR) is 89.9 cm³/mol. The van der Waals surface area contributed by atoms with Crippen molar-refractivity contribution in [2.75, 3.05) is 24.4 Å². The Hall–Kier alpha value is -2.41. The number of anilines is 1. The Morgan fingerprint density at radius 1 is 1.21 bits per heavy atom. The monoisotopic (exact) mass is 346 g/mol. The molecule has 0 aromatic heterocycles. The third-order valence-corrected chi connectivity index (χ3v) is 5.21. The van der Waals surface area contributed by atoms with Crippen molar-refractivity contribution in [2.45, 2.75) is 5.37 Å². The maximum atomic E-state index is 13.7. The van der Waals surface area contributed by atoms with Gasteiger partial charge in [-0.2, -0.15) is 0 Å². The molecule has 7 heteroatoms. The Morgan fingerprint density at radius 3 is 2.92 bits per heavy atom. The minimum atomic E-state index is -0.447. The normalized spacial score (nSPS) is 18.7. The molecule has 5 nitrogen and oxygen atoms in total. The highest BCUT2D eigenvalue weighted by Crippen LogP contribution is 2.42. The SMILES string of the molecule is O=C(Nc1ccccc1F)N1CCS[C@H]1c1ccc2c(c1)OCO2. The molecule has 2 heterocycles. The molecule has 1 fully saturated rings. The van der Waals surface area contributed by atoms with Crippen LogP contribution in [0.15, 0.2) is 42.5 Å². The van der Waals surface area contributed by atoms with Crippen molar-refractivity contribution in [1.82, 2.24) is 4.90 Å². The molecule has 124 valence electrons. The molecule has 0 bridgehead atoms. The highest BCUT2D eigenvalue weighted by Gasteiger charge is 2.32. The number of halogens is 1. The van der Waals surface area contributed by atoms with Gasteiger partial charge in [0.05, 0.1) is 5.69 Å². The molecule has 0 aliphatic carbocycles. The van der Waals surface area contributed by atoms with Crippen molar-refractivity contribution < 1.29 is 18.7 Å². The molecular weight excluding hydrogens is 331 g/mol. The van der Waals surface area contributed by atoms with Gasteiger partial charge in [-0.15, -0.1) is 11.8 Å². The Kier molecular flexibility index (Phi) is 3.93. The highest BCUT2D eigenvalue weighted by molar-refractivity contribution is 7.99. The molecule has 2 amide bonds. The first-order valence-electron chi connectivity index (χ1n) is 7.56. The van der Waals surface area contributed by atoms with Crippen LogP contribution in [-0.4, -0.2) is 30.0 Å². The number of benzene rings is 2. The van der Waals surface area contributed by atoms with E-state index in [2.05, 4.69) is 5.32 Å². The lowest BCUT2D eigenvalue weighted by Crippen LogP contribution is -2.34. The fourth-order valence-electron chi connectivity index (χ4n) is 2.77. The van der Waals surface area contributed by atoms with Gasteiger partial charge in [-0.1, -0.05) is 18.2 Å². The molecule has 2 aliphatic rings. The summed E-state index contributed by atoms with van der Waals surface area (Å²) in [5.74, 6) is 1.78. The second-order valence-electron chi connectivity index (χ2n) is 5.44. The van der Waals surface area contributed by atoms with Gasteiger partial charge >= 0.3 is 6.03 Å². The van der Waals surface area contributed by atoms with E-state index in [0.717, 1.165) is 11.3 Å². The van der Waals surface area contributed by atoms with Crippen LogP contribution in [0.2, 0.25) is 0 Å². The lowest BCUT2D eigenvalue weighted by molar-refractivity contribution is 0.174. The van der Waals surface area contributed by atoms with E-state index in [1.165, 1.54) is 6.07 Å². The molecule has 1 N–H and O–H groups in total. The molecule has 0 unspecified atom stereocenters. The second kappa shape index (κ2) is 6.24. The first-order valence-corrected chi connectivity index (χ1v) is 8.60. The summed E-state index contributed by atoms with van der Waals surface area (Å²) in [6.45, 7) is 0.818. The highest BCUT2D eigenvalue weighted by atomic mass is 32.2. The smallest absolute Gasteiger partial charge is 0.323 e. The standard InChI is InChI=1S/C17H15FN2O3S/c18-12-3-1-2-4-13(12)19-17(21)20-7-8-24-16(20)11-5-6-14-15(9-11)23-10-22-14/h1-6,9,16H,7-8,10H2,(H,19,21)/t16-/m0/s1. The number of nitrogens with zero attached hydrogens (tertiary/aromatic N) is 1. The van der Waals surface area contributed by atoms with Gasteiger partial charge in [0.2, 0.25) is 6.79 Å². The quantitative estimate of drug-likeness (QED) is 0.898. The Labute approximate surface area is 142 Å². The van der Waals surface area contributed by atoms with Crippen molar-refractivity contribution in [3.05, 3.63) is 53.8 Å². The summed E-state index contributed by atoms with van der Waals surface area (Å²) in [5.41, 5.74) is 1.15. The maximum absolute atomic E-state index is 13.7. The number of urea groups is 1. The van der Waals surface area contributed by atoms with E-state index >= 15 is 0 Å². The lowest BCUT2D eigenvalue weighted by Gasteiger charge is -2.24. The molecule has 24 heavy (non-hydrogen) atoms. The van der Waals surface area contributed by atoms with E-state index in [1.807, 2.05) is 18.2 Å². The molecule has 2 aromatic rings. The van der Waals surface area contributed by atoms with E-state index in [0.29, 0.717) is 18.0 Å². The zero-order chi connectivity index (χ0) is 16.5. The largest absolute Gasteiger partial charge is 0.454 e. The zero-order valence-electron chi connectivity index (χ0n) is 12.7. The average Bonchev–Trinajstić information content (AvgIpc) is 3.25. The molecule has 0 spiro atoms. The molecule has 2 aliphatic heterocycles. The maximum Gasteiger partial charge on any atom is 0.323 e. The van der Waals surface area contributed by atoms with Gasteiger partial charge in [-0.05, 0) is 29.8 Å². The predicted octanol–water partition coefficient (Wildman–Crippen LogP) is 3.83. The van der Waals surface area contributed by atoms with Crippen LogP contribution >= 0.6 is 11.8 Å². The number of rotatable bonds is 2. The van der Waals surface area contributed by atoms with Gasteiger partial charge in [-0.25, -0.2) is 9.18 Å². The molecule has 1 saturated heterocycles. The van der Waals surface area contributed by atoms with Crippen LogP contribution in [0.25, 0.3) is 0 Å². The Bertz CT molecular complexity index is 786. The minimum Gasteiger partial charge on any atom is -0.454 e. The number of fused-ring (bicyclic) bond motifs is 1. The first-order chi connectivity index (χ1) is 11.7. The number of hydrogen-bond donors (Lipinski definition) is 1. The van der Waals surface area contributed by atoms with Crippen molar-refractivity contribution in [3.63, 3.8) is 0 Å². The fourth-order valence-corrected chi connectivity index (χ4v) is 4.02. The van der Waals surface area contributed by atoms with Gasteiger partial charge in [-0.3, -0.25) is 0 Å². The van der Waals surface area contributed by atoms with Crippen LogP contribution < -0.4 is 14.8 Å². The summed E-state index contributed by atoms with van der Waals surface area (Å²) < 4.78 is 24.5. The second-order valence-corrected chi connectivity index (χ2v) is 6.63. The Morgan fingerprint density at radius 2 is 2.04 bits per heavy atom. The summed E-state index contributed by atoms with van der Waals surface area (Å²) in [6, 6.07) is 11.5. The van der Waals surface area contributed by atoms with Crippen LogP contribution in [0, 0.1) is 5.82 Å². The Balaban J connectivity index is 1.54. The molecule has 4 rings (SSSR count). The number of carbonyl (C=O) groups excluding carboxylic acids is 1. The first kappa shape index (κ1) is 15.1. The topological polar surface area (TPSA) is 50.8 Å². The number of ether oxygens (including phenoxy) is 2. The molecule has 1 atom stereocenters. The summed E-state index contributed by atoms with van der Waals surface area (Å²) >= 11 is 1.67. The van der Waals surface area contributed by atoms with Crippen molar-refractivity contribution >= 4 is 23.5 Å². The summed E-state index contributed by atoms with van der Waals surface area (Å²) in [7, 11) is 0. The molecule has 0 saturated carbocycles. The van der Waals surface area contributed by atoms with Gasteiger partial charge in [0.1, 0.15) is 11.2 Å². The van der Waals surface area contributed by atoms with Crippen molar-refractivity contribution in [3.8, 4) is 11.5 Å². The molecule has 0 radical (unpaired) electrons. The number of hydrogen-bond acceptors (Lipinski definition) is 4. The van der Waals surface area contributed by atoms with E-state index in [4.69, 9.17) is 9.47 Å². The van der Waals surface area contributed by atoms with Gasteiger partial charge in [0, 0.05) is 12.3 Å². The van der Waals surface area contributed by atoms with Gasteiger partial charge in [0.25, 0.3) is 0 Å². The number of amides is 2. The number of para-hydroxylation sites is 1. The van der Waals surface area contributed by atoms with Crippen LogP contribution in [0.1, 0.15) is 10.9 Å². The van der Waals surface area contributed by atoms with Crippen LogP contribution in [0.4, 0.5) is 14.9 Å². The lowest BCUT2D eigenvalue weighted by atomic mass is 10.2. The van der Waals surface area contributed by atoms with Crippen molar-refractivity contribution in [2.24, 2.45) is 0 Å². The third kappa shape index (κ3) is 2.75. The van der Waals surface area contributed by atoms with Crippen molar-refractivity contribution in [1.29, 1.82) is 0 Å². The third-order valence-electron chi connectivity index (χ3n) is 3.95. The van der Waals surface area contributed by atoms with Gasteiger partial charge < -0.3 is 19.7 Å². The fraction of sp³-hybridized carbons (Fsp3) is 0.235. The minimum absolute atomic E-state index is 0.133. The summed E-state index contributed by atoms with van der Waals surface area (Å²) in [4.78, 5) is 14.3. The van der Waals surface area contributed by atoms with Crippen LogP contribution in [0.3, 0.4) is 0 Å². The number of thioether (sulfide) groups is 1. The van der Waals surface area contributed by atoms with E-state index in [-0.39, 0.29) is 23.9 Å².